The van der Waals surface area contributed by atoms with Gasteiger partial charge in [0.05, 0.1) is 6.04 Å². The quantitative estimate of drug-likeness (QED) is 0.857. The number of hydrogen-bond donors (Lipinski definition) is 1. The van der Waals surface area contributed by atoms with Crippen molar-refractivity contribution in [2.45, 2.75) is 32.7 Å². The SMILES string of the molecule is CCCNC(c1ccc(CC)o1)c1c(F)cccc1F. The monoisotopic (exact) mass is 279 g/mol. The van der Waals surface area contributed by atoms with Gasteiger partial charge in [0.25, 0.3) is 0 Å². The van der Waals surface area contributed by atoms with Crippen molar-refractivity contribution in [2.24, 2.45) is 0 Å². The van der Waals surface area contributed by atoms with Gasteiger partial charge in [-0.1, -0.05) is 19.9 Å². The van der Waals surface area contributed by atoms with Crippen molar-refractivity contribution in [3.63, 3.8) is 0 Å². The molecule has 1 aromatic heterocycles. The van der Waals surface area contributed by atoms with Crippen molar-refractivity contribution >= 4 is 0 Å². The van der Waals surface area contributed by atoms with Crippen LogP contribution in [0.2, 0.25) is 0 Å². The molecular formula is C16H19F2NO. The predicted octanol–water partition coefficient (Wildman–Crippen LogP) is 4.21. The van der Waals surface area contributed by atoms with Crippen molar-refractivity contribution in [2.75, 3.05) is 6.54 Å². The summed E-state index contributed by atoms with van der Waals surface area (Å²) >= 11 is 0. The molecule has 0 radical (unpaired) electrons. The van der Waals surface area contributed by atoms with Gasteiger partial charge in [-0.05, 0) is 37.2 Å². The molecule has 1 aromatic carbocycles. The zero-order valence-electron chi connectivity index (χ0n) is 11.7. The third-order valence-electron chi connectivity index (χ3n) is 3.20. The number of nitrogens with one attached hydrogen (secondary N) is 1. The normalized spacial score (nSPS) is 12.6. The molecule has 0 spiro atoms. The summed E-state index contributed by atoms with van der Waals surface area (Å²) in [5.74, 6) is 0.223. The first-order chi connectivity index (χ1) is 9.67. The van der Waals surface area contributed by atoms with Crippen LogP contribution in [0.1, 0.15) is 43.4 Å². The summed E-state index contributed by atoms with van der Waals surface area (Å²) in [6, 6.07) is 6.92. The second kappa shape index (κ2) is 6.66. The minimum atomic E-state index is -0.601. The molecule has 1 atom stereocenters. The van der Waals surface area contributed by atoms with Crippen LogP contribution in [0.5, 0.6) is 0 Å². The highest BCUT2D eigenvalue weighted by atomic mass is 19.1. The lowest BCUT2D eigenvalue weighted by atomic mass is 10.0. The summed E-state index contributed by atoms with van der Waals surface area (Å²) in [6.07, 6.45) is 1.62. The number of furan rings is 1. The molecule has 0 saturated heterocycles. The third kappa shape index (κ3) is 3.07. The van der Waals surface area contributed by atoms with Gasteiger partial charge in [0.15, 0.2) is 0 Å². The first-order valence-electron chi connectivity index (χ1n) is 6.93. The van der Waals surface area contributed by atoms with Crippen LogP contribution >= 0.6 is 0 Å². The van der Waals surface area contributed by atoms with Crippen molar-refractivity contribution in [1.82, 2.24) is 5.32 Å². The molecule has 0 saturated carbocycles. The van der Waals surface area contributed by atoms with Crippen LogP contribution in [0.15, 0.2) is 34.7 Å². The van der Waals surface area contributed by atoms with E-state index in [0.717, 1.165) is 18.6 Å². The van der Waals surface area contributed by atoms with Crippen LogP contribution in [0.4, 0.5) is 8.78 Å². The number of rotatable bonds is 6. The lowest BCUT2D eigenvalue weighted by Gasteiger charge is -2.18. The van der Waals surface area contributed by atoms with Crippen LogP contribution in [-0.2, 0) is 6.42 Å². The molecule has 0 bridgehead atoms. The van der Waals surface area contributed by atoms with E-state index in [2.05, 4.69) is 5.32 Å². The Hall–Kier alpha value is -1.68. The van der Waals surface area contributed by atoms with E-state index in [9.17, 15) is 8.78 Å². The molecule has 0 aliphatic carbocycles. The highest BCUT2D eigenvalue weighted by Crippen LogP contribution is 2.28. The van der Waals surface area contributed by atoms with E-state index in [0.29, 0.717) is 12.3 Å². The zero-order valence-corrected chi connectivity index (χ0v) is 11.7. The molecule has 0 amide bonds. The number of aryl methyl sites for hydroxylation is 1. The standard InChI is InChI=1S/C16H19F2NO/c1-3-10-19-16(14-9-8-11(4-2)20-14)15-12(17)6-5-7-13(15)18/h5-9,16,19H,3-4,10H2,1-2H3. The first-order valence-corrected chi connectivity index (χ1v) is 6.93. The van der Waals surface area contributed by atoms with Crippen LogP contribution in [0, 0.1) is 11.6 Å². The van der Waals surface area contributed by atoms with Crippen LogP contribution < -0.4 is 5.32 Å². The van der Waals surface area contributed by atoms with Gasteiger partial charge >= 0.3 is 0 Å². The lowest BCUT2D eigenvalue weighted by Crippen LogP contribution is -2.24. The van der Waals surface area contributed by atoms with Crippen LogP contribution in [0.25, 0.3) is 0 Å². The second-order valence-electron chi connectivity index (χ2n) is 4.68. The molecule has 108 valence electrons. The van der Waals surface area contributed by atoms with E-state index in [4.69, 9.17) is 4.42 Å². The molecule has 2 aromatic rings. The fraction of sp³-hybridized carbons (Fsp3) is 0.375. The Morgan fingerprint density at radius 1 is 1.10 bits per heavy atom. The highest BCUT2D eigenvalue weighted by Gasteiger charge is 2.24. The Labute approximate surface area is 117 Å². The van der Waals surface area contributed by atoms with Gasteiger partial charge in [0.2, 0.25) is 0 Å². The predicted molar refractivity (Wildman–Crippen MR) is 74.6 cm³/mol. The Kier molecular flexibility index (Phi) is 4.90. The summed E-state index contributed by atoms with van der Waals surface area (Å²) in [6.45, 7) is 4.63. The lowest BCUT2D eigenvalue weighted by molar-refractivity contribution is 0.404. The van der Waals surface area contributed by atoms with E-state index in [1.807, 2.05) is 19.9 Å². The van der Waals surface area contributed by atoms with E-state index in [-0.39, 0.29) is 5.56 Å². The van der Waals surface area contributed by atoms with Crippen molar-refractivity contribution in [3.05, 3.63) is 59.1 Å². The molecule has 2 rings (SSSR count). The molecule has 1 N–H and O–H groups in total. The Morgan fingerprint density at radius 2 is 1.80 bits per heavy atom. The maximum Gasteiger partial charge on any atom is 0.131 e. The molecule has 0 aliphatic heterocycles. The van der Waals surface area contributed by atoms with Gasteiger partial charge in [0, 0.05) is 12.0 Å². The maximum atomic E-state index is 14.0. The maximum absolute atomic E-state index is 14.0. The summed E-state index contributed by atoms with van der Waals surface area (Å²) in [5.41, 5.74) is 0.0120. The fourth-order valence-corrected chi connectivity index (χ4v) is 2.16. The smallest absolute Gasteiger partial charge is 0.131 e. The van der Waals surface area contributed by atoms with Crippen LogP contribution in [-0.4, -0.2) is 6.54 Å². The van der Waals surface area contributed by atoms with E-state index in [1.54, 1.807) is 6.07 Å². The average Bonchev–Trinajstić information content (AvgIpc) is 2.90. The van der Waals surface area contributed by atoms with Gasteiger partial charge in [-0.15, -0.1) is 0 Å². The molecule has 2 nitrogen and oxygen atoms in total. The summed E-state index contributed by atoms with van der Waals surface area (Å²) in [5, 5.41) is 3.15. The van der Waals surface area contributed by atoms with Gasteiger partial charge in [-0.3, -0.25) is 0 Å². The van der Waals surface area contributed by atoms with Crippen molar-refractivity contribution in [3.8, 4) is 0 Å². The van der Waals surface area contributed by atoms with Gasteiger partial charge in [-0.2, -0.15) is 0 Å². The number of hydrogen-bond acceptors (Lipinski definition) is 2. The molecular weight excluding hydrogens is 260 g/mol. The van der Waals surface area contributed by atoms with Gasteiger partial charge < -0.3 is 9.73 Å². The molecule has 4 heteroatoms. The van der Waals surface area contributed by atoms with Crippen molar-refractivity contribution in [1.29, 1.82) is 0 Å². The topological polar surface area (TPSA) is 25.2 Å². The highest BCUT2D eigenvalue weighted by molar-refractivity contribution is 5.30. The fourth-order valence-electron chi connectivity index (χ4n) is 2.16. The summed E-state index contributed by atoms with van der Waals surface area (Å²) < 4.78 is 33.6. The number of halogens is 2. The first kappa shape index (κ1) is 14.7. The van der Waals surface area contributed by atoms with E-state index < -0.39 is 17.7 Å². The van der Waals surface area contributed by atoms with E-state index in [1.165, 1.54) is 18.2 Å². The van der Waals surface area contributed by atoms with Crippen molar-refractivity contribution < 1.29 is 13.2 Å². The summed E-state index contributed by atoms with van der Waals surface area (Å²) in [4.78, 5) is 0. The minimum Gasteiger partial charge on any atom is -0.464 e. The van der Waals surface area contributed by atoms with Gasteiger partial charge in [-0.25, -0.2) is 8.78 Å². The van der Waals surface area contributed by atoms with E-state index >= 15 is 0 Å². The second-order valence-corrected chi connectivity index (χ2v) is 4.68. The Balaban J connectivity index is 2.41. The number of benzene rings is 1. The third-order valence-corrected chi connectivity index (χ3v) is 3.20. The molecule has 0 aliphatic rings. The zero-order chi connectivity index (χ0) is 14.5. The molecule has 1 unspecified atom stereocenters. The van der Waals surface area contributed by atoms with Gasteiger partial charge in [0.1, 0.15) is 23.2 Å². The minimum absolute atomic E-state index is 0.0120. The molecule has 20 heavy (non-hydrogen) atoms. The molecule has 0 fully saturated rings. The summed E-state index contributed by atoms with van der Waals surface area (Å²) in [7, 11) is 0. The molecule has 1 heterocycles. The average molecular weight is 279 g/mol. The largest absolute Gasteiger partial charge is 0.464 e. The Bertz CT molecular complexity index is 545. The van der Waals surface area contributed by atoms with Crippen LogP contribution in [0.3, 0.4) is 0 Å². The Morgan fingerprint density at radius 3 is 2.35 bits per heavy atom.